The summed E-state index contributed by atoms with van der Waals surface area (Å²) >= 11 is 12.0. The van der Waals surface area contributed by atoms with Crippen LogP contribution >= 0.6 is 23.2 Å². The van der Waals surface area contributed by atoms with E-state index < -0.39 is 5.91 Å². The molecule has 4 aromatic carbocycles. The van der Waals surface area contributed by atoms with Crippen molar-refractivity contribution in [3.8, 4) is 11.5 Å². The molecule has 0 unspecified atom stereocenters. The van der Waals surface area contributed by atoms with Crippen LogP contribution in [0.3, 0.4) is 0 Å². The Morgan fingerprint density at radius 1 is 0.667 bits per heavy atom. The number of Topliss-reactive ketones (excluding diaryl/α,β-unsaturated/α-hetero) is 2. The minimum absolute atomic E-state index is 0.0392. The maximum atomic E-state index is 13.1. The van der Waals surface area contributed by atoms with E-state index in [2.05, 4.69) is 15.3 Å². The first kappa shape index (κ1) is 48.8. The number of nitrogens with two attached hydrogens (primary N) is 1. The molecule has 15 nitrogen and oxygen atoms in total. The lowest BCUT2D eigenvalue weighted by Gasteiger charge is -2.31. The van der Waals surface area contributed by atoms with Gasteiger partial charge in [0.1, 0.15) is 23.1 Å². The van der Waals surface area contributed by atoms with Crippen LogP contribution in [0.25, 0.3) is 0 Å². The van der Waals surface area contributed by atoms with Gasteiger partial charge in [0.25, 0.3) is 23.6 Å². The molecule has 2 fully saturated rings. The van der Waals surface area contributed by atoms with Gasteiger partial charge in [-0.3, -0.25) is 34.2 Å². The molecule has 2 aliphatic rings. The summed E-state index contributed by atoms with van der Waals surface area (Å²) in [5.41, 5.74) is 4.21. The molecule has 1 aromatic heterocycles. The third-order valence-corrected chi connectivity index (χ3v) is 11.6. The van der Waals surface area contributed by atoms with E-state index in [4.69, 9.17) is 38.5 Å². The van der Waals surface area contributed by atoms with Gasteiger partial charge in [-0.05, 0) is 111 Å². The van der Waals surface area contributed by atoms with E-state index in [9.17, 15) is 37.5 Å². The van der Waals surface area contributed by atoms with Crippen molar-refractivity contribution in [2.45, 2.75) is 32.1 Å². The number of ketones is 2. The number of hydrogen-bond acceptors (Lipinski definition) is 10. The molecule has 2 aliphatic heterocycles. The van der Waals surface area contributed by atoms with Gasteiger partial charge in [-0.15, -0.1) is 0 Å². The number of nitrogens with zero attached hydrogens (tertiary/aromatic N) is 3. The Kier molecular flexibility index (Phi) is 17.3. The lowest BCUT2D eigenvalue weighted by atomic mass is 9.89. The molecule has 3 heterocycles. The maximum absolute atomic E-state index is 13.1. The molecular weight excluding hydrogens is 899 g/mol. The molecule has 0 saturated carbocycles. The number of nitrogen functional groups attached to an aromatic ring is 1. The number of halogens is 4. The standard InChI is InChI=1S/C26H26ClFN4O4.C21H21ClFN3O4/c27-19-3-6-23(22(13-19)26(35)30-10-7-21-14-29-16-31-21)36-15-24(33)32-11-8-18(9-12-32)25(34)17-1-4-20(28)5-2-17;22-15-3-6-18(17(11-15)21(29)25-24)30-12-19(27)26-9-7-14(8-10-26)20(28)13-1-4-16(23)5-2-13/h1-6,13-14,16,18H,7-12,15H2,(H,29,31)(H,30,35);1-6,11,14H,7-10,12,24H2,(H,25,29). The highest BCUT2D eigenvalue weighted by atomic mass is 35.5. The third kappa shape index (κ3) is 13.4. The van der Waals surface area contributed by atoms with Gasteiger partial charge in [-0.2, -0.15) is 0 Å². The number of imidazole rings is 1. The number of likely N-dealkylation sites (tertiary alicyclic amines) is 2. The number of amides is 4. The summed E-state index contributed by atoms with van der Waals surface area (Å²) in [5, 5.41) is 3.52. The summed E-state index contributed by atoms with van der Waals surface area (Å²) in [5.74, 6) is 2.90. The van der Waals surface area contributed by atoms with Crippen LogP contribution in [0.15, 0.2) is 97.5 Å². The topological polar surface area (TPSA) is 206 Å². The summed E-state index contributed by atoms with van der Waals surface area (Å²) < 4.78 is 37.4. The van der Waals surface area contributed by atoms with Crippen LogP contribution in [0, 0.1) is 23.5 Å². The highest BCUT2D eigenvalue weighted by Crippen LogP contribution is 2.27. The van der Waals surface area contributed by atoms with Crippen molar-refractivity contribution in [3.05, 3.63) is 147 Å². The van der Waals surface area contributed by atoms with Gasteiger partial charge >= 0.3 is 0 Å². The van der Waals surface area contributed by atoms with Crippen LogP contribution in [-0.2, 0) is 16.0 Å². The molecule has 19 heteroatoms. The number of hydrogen-bond donors (Lipinski definition) is 4. The van der Waals surface area contributed by atoms with Gasteiger partial charge in [0.15, 0.2) is 24.8 Å². The highest BCUT2D eigenvalue weighted by molar-refractivity contribution is 6.31. The first-order valence-corrected chi connectivity index (χ1v) is 21.8. The van der Waals surface area contributed by atoms with Crippen molar-refractivity contribution in [2.24, 2.45) is 17.7 Å². The van der Waals surface area contributed by atoms with E-state index in [1.807, 2.05) is 5.43 Å². The molecule has 5 N–H and O–H groups in total. The number of rotatable bonds is 15. The first-order chi connectivity index (χ1) is 31.8. The molecular formula is C47H47Cl2F2N7O8. The second-order valence-corrected chi connectivity index (χ2v) is 16.3. The average molecular weight is 947 g/mol. The van der Waals surface area contributed by atoms with Crippen LogP contribution in [-0.4, -0.2) is 101 Å². The molecule has 346 valence electrons. The van der Waals surface area contributed by atoms with E-state index >= 15 is 0 Å². The van der Waals surface area contributed by atoms with E-state index in [0.29, 0.717) is 86.0 Å². The number of nitrogens with one attached hydrogen (secondary N) is 3. The summed E-state index contributed by atoms with van der Waals surface area (Å²) in [6.45, 7) is 1.54. The number of aromatic amines is 1. The number of benzene rings is 4. The Morgan fingerprint density at radius 3 is 1.52 bits per heavy atom. The highest BCUT2D eigenvalue weighted by Gasteiger charge is 2.30. The molecule has 2 saturated heterocycles. The van der Waals surface area contributed by atoms with Gasteiger partial charge in [-0.25, -0.2) is 19.6 Å². The largest absolute Gasteiger partial charge is 0.483 e. The maximum Gasteiger partial charge on any atom is 0.268 e. The van der Waals surface area contributed by atoms with Gasteiger partial charge in [0, 0.05) is 84.0 Å². The molecule has 66 heavy (non-hydrogen) atoms. The smallest absolute Gasteiger partial charge is 0.268 e. The fraction of sp³-hybridized carbons (Fsp3) is 0.298. The van der Waals surface area contributed by atoms with Crippen LogP contribution in [0.4, 0.5) is 8.78 Å². The number of carbonyl (C=O) groups excluding carboxylic acids is 6. The van der Waals surface area contributed by atoms with E-state index in [1.165, 1.54) is 66.7 Å². The number of H-pyrrole nitrogens is 1. The second-order valence-electron chi connectivity index (χ2n) is 15.5. The van der Waals surface area contributed by atoms with Crippen molar-refractivity contribution in [1.29, 1.82) is 0 Å². The number of ether oxygens (including phenoxy) is 2. The van der Waals surface area contributed by atoms with Gasteiger partial charge < -0.3 is 29.6 Å². The quantitative estimate of drug-likeness (QED) is 0.0401. The number of hydrazine groups is 1. The Balaban J connectivity index is 0.000000222. The van der Waals surface area contributed by atoms with Crippen LogP contribution in [0.5, 0.6) is 11.5 Å². The van der Waals surface area contributed by atoms with Crippen molar-refractivity contribution in [2.75, 3.05) is 45.9 Å². The molecule has 0 atom stereocenters. The lowest BCUT2D eigenvalue weighted by molar-refractivity contribution is -0.135. The van der Waals surface area contributed by atoms with E-state index in [-0.39, 0.29) is 88.6 Å². The molecule has 5 aromatic rings. The Labute approximate surface area is 388 Å². The van der Waals surface area contributed by atoms with E-state index in [1.54, 1.807) is 40.5 Å². The molecule has 0 bridgehead atoms. The van der Waals surface area contributed by atoms with Crippen molar-refractivity contribution in [3.63, 3.8) is 0 Å². The monoisotopic (exact) mass is 945 g/mol. The summed E-state index contributed by atoms with van der Waals surface area (Å²) in [7, 11) is 0. The summed E-state index contributed by atoms with van der Waals surface area (Å²) in [6, 6.07) is 20.1. The van der Waals surface area contributed by atoms with Crippen molar-refractivity contribution >= 4 is 58.4 Å². The van der Waals surface area contributed by atoms with Crippen LogP contribution in [0.1, 0.15) is 72.8 Å². The zero-order valence-electron chi connectivity index (χ0n) is 35.6. The third-order valence-electron chi connectivity index (χ3n) is 11.1. The predicted octanol–water partition coefficient (Wildman–Crippen LogP) is 6.26. The molecule has 4 amide bonds. The molecule has 0 spiro atoms. The minimum atomic E-state index is -0.583. The predicted molar refractivity (Wildman–Crippen MR) is 240 cm³/mol. The van der Waals surface area contributed by atoms with Crippen molar-refractivity contribution < 1.29 is 47.0 Å². The Bertz CT molecular complexity index is 2500. The lowest BCUT2D eigenvalue weighted by Crippen LogP contribution is -2.42. The fourth-order valence-electron chi connectivity index (χ4n) is 7.46. The molecule has 7 rings (SSSR count). The summed E-state index contributed by atoms with van der Waals surface area (Å²) in [4.78, 5) is 85.2. The number of carbonyl (C=O) groups is 6. The van der Waals surface area contributed by atoms with Crippen LogP contribution < -0.4 is 26.1 Å². The summed E-state index contributed by atoms with van der Waals surface area (Å²) in [6.07, 6.45) is 5.92. The second kappa shape index (κ2) is 23.5. The average Bonchev–Trinajstić information content (AvgIpc) is 3.86. The zero-order chi connectivity index (χ0) is 47.2. The van der Waals surface area contributed by atoms with Crippen molar-refractivity contribution in [1.82, 2.24) is 30.5 Å². The van der Waals surface area contributed by atoms with Gasteiger partial charge in [0.2, 0.25) is 0 Å². The zero-order valence-corrected chi connectivity index (χ0v) is 37.1. The number of piperidine rings is 2. The van der Waals surface area contributed by atoms with E-state index in [0.717, 1.165) is 5.69 Å². The molecule has 0 aliphatic carbocycles. The molecule has 0 radical (unpaired) electrons. The fourth-order valence-corrected chi connectivity index (χ4v) is 7.80. The van der Waals surface area contributed by atoms with Gasteiger partial charge in [-0.1, -0.05) is 23.2 Å². The van der Waals surface area contributed by atoms with Gasteiger partial charge in [0.05, 0.1) is 17.5 Å². The Morgan fingerprint density at radius 2 is 1.11 bits per heavy atom. The number of aromatic nitrogens is 2. The first-order valence-electron chi connectivity index (χ1n) is 21.1. The Hall–Kier alpha value is -6.69. The van der Waals surface area contributed by atoms with Crippen LogP contribution in [0.2, 0.25) is 10.0 Å². The SMILES string of the molecule is NNC(=O)c1cc(Cl)ccc1OCC(=O)N1CCC(C(=O)c2ccc(F)cc2)CC1.O=C(NCCc1cnc[nH]1)c1cc(Cl)ccc1OCC(=O)N1CCC(C(=O)c2ccc(F)cc2)CC1. The normalized spacial score (nSPS) is 14.1. The minimum Gasteiger partial charge on any atom is -0.483 e.